The molecule has 7 nitrogen and oxygen atoms in total. The molecule has 0 unspecified atom stereocenters. The maximum absolute atomic E-state index is 12.8. The van der Waals surface area contributed by atoms with Crippen molar-refractivity contribution in [3.8, 4) is 16.2 Å². The number of ether oxygens (including phenoxy) is 1. The zero-order valence-electron chi connectivity index (χ0n) is 16.8. The lowest BCUT2D eigenvalue weighted by Crippen LogP contribution is -2.40. The van der Waals surface area contributed by atoms with Crippen molar-refractivity contribution in [1.29, 1.82) is 0 Å². The number of phenolic OH excluding ortho intramolecular Hbond substituents is 1. The average Bonchev–Trinajstić information content (AvgIpc) is 3.22. The molecule has 0 saturated carbocycles. The first-order chi connectivity index (χ1) is 14.0. The van der Waals surface area contributed by atoms with Gasteiger partial charge in [-0.05, 0) is 63.0 Å². The minimum atomic E-state index is -0.205. The van der Waals surface area contributed by atoms with E-state index in [-0.39, 0.29) is 23.1 Å². The number of hydrogen-bond donors (Lipinski definition) is 2. The molecule has 29 heavy (non-hydrogen) atoms. The smallest absolute Gasteiger partial charge is 0.261 e. The van der Waals surface area contributed by atoms with Crippen molar-refractivity contribution in [2.24, 2.45) is 0 Å². The van der Waals surface area contributed by atoms with Crippen LogP contribution in [0.25, 0.3) is 10.4 Å². The summed E-state index contributed by atoms with van der Waals surface area (Å²) in [6, 6.07) is 8.64. The van der Waals surface area contributed by atoms with Gasteiger partial charge >= 0.3 is 0 Å². The number of nitrogens with zero attached hydrogens (tertiary/aromatic N) is 2. The SMILES string of the molecule is CN(C)CCCNC(=O)c1ccc(-c2ccc(O)c(C(=O)N3CCOCC3)c2)s1. The number of carbonyl (C=O) groups excluding carboxylic acids is 2. The minimum absolute atomic E-state index is 0.0411. The Kier molecular flexibility index (Phi) is 7.24. The average molecular weight is 418 g/mol. The van der Waals surface area contributed by atoms with Gasteiger partial charge in [-0.2, -0.15) is 0 Å². The number of aromatic hydroxyl groups is 1. The molecule has 2 N–H and O–H groups in total. The highest BCUT2D eigenvalue weighted by Gasteiger charge is 2.22. The molecule has 156 valence electrons. The molecule has 1 aromatic heterocycles. The summed E-state index contributed by atoms with van der Waals surface area (Å²) in [6.07, 6.45) is 0.891. The molecule has 1 saturated heterocycles. The predicted molar refractivity (Wildman–Crippen MR) is 114 cm³/mol. The summed E-state index contributed by atoms with van der Waals surface area (Å²) in [5.41, 5.74) is 1.07. The lowest BCUT2D eigenvalue weighted by Gasteiger charge is -2.27. The van der Waals surface area contributed by atoms with Crippen LogP contribution in [0.1, 0.15) is 26.5 Å². The summed E-state index contributed by atoms with van der Waals surface area (Å²) in [5.74, 6) is -0.341. The highest BCUT2D eigenvalue weighted by Crippen LogP contribution is 2.32. The molecule has 2 heterocycles. The van der Waals surface area contributed by atoms with Gasteiger partial charge in [-0.3, -0.25) is 9.59 Å². The second-order valence-electron chi connectivity index (χ2n) is 7.21. The molecule has 2 amide bonds. The third-order valence-corrected chi connectivity index (χ3v) is 5.84. The Morgan fingerprint density at radius 3 is 2.69 bits per heavy atom. The van der Waals surface area contributed by atoms with Crippen molar-refractivity contribution in [3.05, 3.63) is 40.8 Å². The molecule has 3 rings (SSSR count). The van der Waals surface area contributed by atoms with Gasteiger partial charge in [0.2, 0.25) is 0 Å². The Morgan fingerprint density at radius 2 is 1.97 bits per heavy atom. The topological polar surface area (TPSA) is 82.1 Å². The third kappa shape index (κ3) is 5.56. The number of carbonyl (C=O) groups is 2. The maximum atomic E-state index is 12.8. The number of thiophene rings is 1. The Morgan fingerprint density at radius 1 is 1.21 bits per heavy atom. The van der Waals surface area contributed by atoms with Gasteiger partial charge in [0, 0.05) is 24.5 Å². The second-order valence-corrected chi connectivity index (χ2v) is 8.30. The van der Waals surface area contributed by atoms with E-state index < -0.39 is 0 Å². The van der Waals surface area contributed by atoms with Gasteiger partial charge in [-0.1, -0.05) is 0 Å². The van der Waals surface area contributed by atoms with Crippen molar-refractivity contribution in [1.82, 2.24) is 15.1 Å². The molecule has 1 aliphatic rings. The molecule has 1 aromatic carbocycles. The van der Waals surface area contributed by atoms with Crippen molar-refractivity contribution in [2.45, 2.75) is 6.42 Å². The first-order valence-electron chi connectivity index (χ1n) is 9.69. The van der Waals surface area contributed by atoms with Gasteiger partial charge in [0.25, 0.3) is 11.8 Å². The summed E-state index contributed by atoms with van der Waals surface area (Å²) in [5, 5.41) is 13.1. The largest absolute Gasteiger partial charge is 0.507 e. The third-order valence-electron chi connectivity index (χ3n) is 4.71. The number of phenols is 1. The summed E-state index contributed by atoms with van der Waals surface area (Å²) < 4.78 is 5.29. The van der Waals surface area contributed by atoms with Crippen LogP contribution in [0.15, 0.2) is 30.3 Å². The van der Waals surface area contributed by atoms with Crippen LogP contribution < -0.4 is 5.32 Å². The van der Waals surface area contributed by atoms with E-state index in [1.54, 1.807) is 23.1 Å². The fourth-order valence-corrected chi connectivity index (χ4v) is 4.02. The van der Waals surface area contributed by atoms with Gasteiger partial charge < -0.3 is 25.0 Å². The van der Waals surface area contributed by atoms with E-state index in [2.05, 4.69) is 10.2 Å². The molecule has 1 aliphatic heterocycles. The van der Waals surface area contributed by atoms with Crippen LogP contribution in [0.2, 0.25) is 0 Å². The Bertz CT molecular complexity index is 859. The molecule has 0 atom stereocenters. The molecule has 0 aliphatic carbocycles. The van der Waals surface area contributed by atoms with Gasteiger partial charge in [-0.25, -0.2) is 0 Å². The number of amides is 2. The Balaban J connectivity index is 1.69. The van der Waals surface area contributed by atoms with Crippen molar-refractivity contribution < 1.29 is 19.4 Å². The number of hydrogen-bond acceptors (Lipinski definition) is 6. The highest BCUT2D eigenvalue weighted by molar-refractivity contribution is 7.17. The first-order valence-corrected chi connectivity index (χ1v) is 10.5. The van der Waals surface area contributed by atoms with Crippen LogP contribution in [0.3, 0.4) is 0 Å². The van der Waals surface area contributed by atoms with Crippen LogP contribution in [0.5, 0.6) is 5.75 Å². The summed E-state index contributed by atoms with van der Waals surface area (Å²) in [7, 11) is 4.01. The Labute approximate surface area is 174 Å². The van der Waals surface area contributed by atoms with Crippen LogP contribution in [-0.4, -0.2) is 80.2 Å². The van der Waals surface area contributed by atoms with Crippen molar-refractivity contribution in [3.63, 3.8) is 0 Å². The van der Waals surface area contributed by atoms with Gasteiger partial charge in [0.1, 0.15) is 5.75 Å². The number of benzene rings is 1. The molecular weight excluding hydrogens is 390 g/mol. The van der Waals surface area contributed by atoms with E-state index in [4.69, 9.17) is 4.74 Å². The highest BCUT2D eigenvalue weighted by atomic mass is 32.1. The standard InChI is InChI=1S/C21H27N3O4S/c1-23(2)9-3-8-22-20(26)19-7-6-18(29-19)15-4-5-17(25)16(14-15)21(27)24-10-12-28-13-11-24/h4-7,14,25H,3,8-13H2,1-2H3,(H,22,26). The first kappa shape index (κ1) is 21.3. The fraction of sp³-hybridized carbons (Fsp3) is 0.429. The van der Waals surface area contributed by atoms with E-state index in [1.807, 2.05) is 20.2 Å². The van der Waals surface area contributed by atoms with Crippen LogP contribution in [0.4, 0.5) is 0 Å². The normalized spacial score (nSPS) is 14.2. The zero-order valence-corrected chi connectivity index (χ0v) is 17.6. The lowest BCUT2D eigenvalue weighted by molar-refractivity contribution is 0.0301. The van der Waals surface area contributed by atoms with Gasteiger partial charge in [0.15, 0.2) is 0 Å². The van der Waals surface area contributed by atoms with E-state index in [0.717, 1.165) is 23.4 Å². The number of morpholine rings is 1. The van der Waals surface area contributed by atoms with Crippen LogP contribution in [0, 0.1) is 0 Å². The van der Waals surface area contributed by atoms with E-state index in [9.17, 15) is 14.7 Å². The molecule has 2 aromatic rings. The number of rotatable bonds is 7. The molecule has 0 bridgehead atoms. The fourth-order valence-electron chi connectivity index (χ4n) is 3.10. The van der Waals surface area contributed by atoms with Crippen LogP contribution >= 0.6 is 11.3 Å². The molecular formula is C21H27N3O4S. The summed E-state index contributed by atoms with van der Waals surface area (Å²) in [4.78, 5) is 30.4. The molecule has 0 radical (unpaired) electrons. The van der Waals surface area contributed by atoms with E-state index in [1.165, 1.54) is 17.4 Å². The van der Waals surface area contributed by atoms with Gasteiger partial charge in [0.05, 0.1) is 23.7 Å². The zero-order chi connectivity index (χ0) is 20.8. The summed E-state index contributed by atoms with van der Waals surface area (Å²) in [6.45, 7) is 3.58. The lowest BCUT2D eigenvalue weighted by atomic mass is 10.1. The van der Waals surface area contributed by atoms with Crippen LogP contribution in [-0.2, 0) is 4.74 Å². The molecule has 1 fully saturated rings. The van der Waals surface area contributed by atoms with Crippen molar-refractivity contribution >= 4 is 23.2 Å². The minimum Gasteiger partial charge on any atom is -0.507 e. The van der Waals surface area contributed by atoms with Gasteiger partial charge in [-0.15, -0.1) is 11.3 Å². The second kappa shape index (κ2) is 9.87. The molecule has 8 heteroatoms. The van der Waals surface area contributed by atoms with Crippen molar-refractivity contribution in [2.75, 3.05) is 53.5 Å². The molecule has 0 spiro atoms. The quantitative estimate of drug-likeness (QED) is 0.676. The monoisotopic (exact) mass is 417 g/mol. The Hall–Kier alpha value is -2.42. The predicted octanol–water partition coefficient (Wildman–Crippen LogP) is 2.27. The van der Waals surface area contributed by atoms with E-state index >= 15 is 0 Å². The van der Waals surface area contributed by atoms with E-state index in [0.29, 0.717) is 37.7 Å². The maximum Gasteiger partial charge on any atom is 0.261 e. The summed E-state index contributed by atoms with van der Waals surface area (Å²) >= 11 is 1.37. The number of nitrogens with one attached hydrogen (secondary N) is 1.